The summed E-state index contributed by atoms with van der Waals surface area (Å²) in [6.45, 7) is 9.08. The van der Waals surface area contributed by atoms with Crippen LogP contribution in [0.4, 0.5) is 11.5 Å². The minimum Gasteiger partial charge on any atom is -0.459 e. The second-order valence-corrected chi connectivity index (χ2v) is 16.5. The highest BCUT2D eigenvalue weighted by Crippen LogP contribution is 2.57. The number of phosphoric ester groups is 1. The molecule has 0 radical (unpaired) electrons. The number of benzene rings is 1. The summed E-state index contributed by atoms with van der Waals surface area (Å²) in [5, 5.41) is 11.7. The molecule has 1 aromatic carbocycles. The van der Waals surface area contributed by atoms with Crippen molar-refractivity contribution >= 4 is 69.3 Å². The number of nitrogens with zero attached hydrogens (tertiary/aromatic N) is 5. The largest absolute Gasteiger partial charge is 0.475 e. The number of hydrogen-bond donors (Lipinski definition) is 2. The molecular formula is C32H38BrN6O12P. The summed E-state index contributed by atoms with van der Waals surface area (Å²) in [6, 6.07) is 5.86. The molecule has 5 atom stereocenters. The van der Waals surface area contributed by atoms with Gasteiger partial charge in [0, 0.05) is 23.2 Å². The van der Waals surface area contributed by atoms with Crippen LogP contribution in [0.3, 0.4) is 0 Å². The van der Waals surface area contributed by atoms with Gasteiger partial charge in [0.2, 0.25) is 0 Å². The minimum absolute atomic E-state index is 0.0934. The number of hydrogen-bond acceptors (Lipinski definition) is 17. The Hall–Kier alpha value is -3.97. The lowest BCUT2D eigenvalue weighted by atomic mass is 10.1. The molecular weight excluding hydrogens is 771 g/mol. The van der Waals surface area contributed by atoms with E-state index < -0.39 is 67.7 Å². The Bertz CT molecular complexity index is 2100. The van der Waals surface area contributed by atoms with Gasteiger partial charge in [-0.25, -0.2) is 24.3 Å². The third kappa shape index (κ3) is 8.30. The molecule has 0 aliphatic carbocycles. The maximum absolute atomic E-state index is 13.7. The van der Waals surface area contributed by atoms with Crippen LogP contribution in [0.5, 0.6) is 0 Å². The number of carbonyl (C=O) groups is 2. The van der Waals surface area contributed by atoms with E-state index in [0.717, 1.165) is 0 Å². The quantitative estimate of drug-likeness (QED) is 0.106. The lowest BCUT2D eigenvalue weighted by molar-refractivity contribution is -0.154. The van der Waals surface area contributed by atoms with Gasteiger partial charge in [0.05, 0.1) is 13.2 Å². The predicted molar refractivity (Wildman–Crippen MR) is 187 cm³/mol. The van der Waals surface area contributed by atoms with Crippen molar-refractivity contribution < 1.29 is 51.5 Å². The number of esters is 2. The van der Waals surface area contributed by atoms with E-state index in [9.17, 15) is 24.1 Å². The van der Waals surface area contributed by atoms with Gasteiger partial charge in [0.15, 0.2) is 27.9 Å². The van der Waals surface area contributed by atoms with Crippen molar-refractivity contribution in [2.75, 3.05) is 30.3 Å². The summed E-state index contributed by atoms with van der Waals surface area (Å²) in [6.07, 6.45) is -3.14. The van der Waals surface area contributed by atoms with Crippen molar-refractivity contribution in [3.63, 3.8) is 0 Å². The highest BCUT2D eigenvalue weighted by Gasteiger charge is 2.54. The number of fused-ring (bicyclic) bond motifs is 3. The van der Waals surface area contributed by atoms with E-state index in [1.807, 2.05) is 0 Å². The zero-order chi connectivity index (χ0) is 37.7. The molecule has 3 N–H and O–H groups in total. The number of aliphatic hydroxyl groups excluding tert-OH is 1. The van der Waals surface area contributed by atoms with E-state index in [1.54, 1.807) is 53.7 Å². The van der Waals surface area contributed by atoms with Crippen molar-refractivity contribution in [1.82, 2.24) is 19.5 Å². The van der Waals surface area contributed by atoms with Crippen molar-refractivity contribution in [3.8, 4) is 0 Å². The summed E-state index contributed by atoms with van der Waals surface area (Å²) in [7, 11) is -4.31. The first-order chi connectivity index (χ1) is 24.3. The molecule has 0 spiro atoms. The smallest absolute Gasteiger partial charge is 0.459 e. The van der Waals surface area contributed by atoms with Gasteiger partial charge < -0.3 is 34.4 Å². The molecule has 20 heteroatoms. The van der Waals surface area contributed by atoms with E-state index in [4.69, 9.17) is 37.9 Å². The fourth-order valence-electron chi connectivity index (χ4n) is 5.72. The number of phosphoric acid groups is 1. The van der Waals surface area contributed by atoms with Crippen LogP contribution < -0.4 is 16.3 Å². The molecule has 3 aromatic heterocycles. The Morgan fingerprint density at radius 1 is 1.10 bits per heavy atom. The molecule has 5 heterocycles. The highest BCUT2D eigenvalue weighted by molar-refractivity contribution is 9.10. The molecule has 1 unspecified atom stereocenters. The molecule has 2 saturated heterocycles. The van der Waals surface area contributed by atoms with Crippen LogP contribution in [0, 0.1) is 0 Å². The number of nitrogens with two attached hydrogens (primary N) is 1. The summed E-state index contributed by atoms with van der Waals surface area (Å²) >= 11 is 3.34. The van der Waals surface area contributed by atoms with Crippen LogP contribution in [-0.2, 0) is 48.5 Å². The second-order valence-electron chi connectivity index (χ2n) is 14.1. The first kappa shape index (κ1) is 37.8. The van der Waals surface area contributed by atoms with Gasteiger partial charge in [-0.15, -0.1) is 0 Å². The van der Waals surface area contributed by atoms with Gasteiger partial charge in [0.25, 0.3) is 0 Å². The Morgan fingerprint density at radius 3 is 2.42 bits per heavy atom. The second kappa shape index (κ2) is 14.1. The average molecular weight is 810 g/mol. The minimum atomic E-state index is -4.31. The van der Waals surface area contributed by atoms with Crippen molar-refractivity contribution in [2.45, 2.75) is 83.9 Å². The molecule has 0 bridgehead atoms. The van der Waals surface area contributed by atoms with Gasteiger partial charge >= 0.3 is 25.4 Å². The number of rotatable bonds is 9. The topological polar surface area (TPSA) is 230 Å². The number of aromatic nitrogens is 4. The highest BCUT2D eigenvalue weighted by atomic mass is 79.9. The number of ether oxygens (including phenoxy) is 3. The maximum Gasteiger partial charge on any atom is 0.475 e. The zero-order valence-corrected chi connectivity index (χ0v) is 31.6. The normalized spacial score (nSPS) is 23.5. The third-order valence-electron chi connectivity index (χ3n) is 7.71. The lowest BCUT2D eigenvalue weighted by Gasteiger charge is -2.30. The standard InChI is InChI=1S/C32H38BrN6O12P/c1-31(2,3)49-22(41)11-38(12-23(42)50-32(4,5)6)17-7-8-18-16(9-21(40)47-19(18)10-17)13-45-52(44)46-14-20-26(51-52)25(43)29(48-20)39-28-24(37-30(39)33)27(34)35-15-36-28/h7-10,15,20,25-26,29,43H,11-14H2,1-6H3,(H2,34,35,36)/t20-,25-,26-,29-,52?/m1/s1. The van der Waals surface area contributed by atoms with Crippen LogP contribution in [0.25, 0.3) is 22.1 Å². The molecule has 280 valence electrons. The maximum atomic E-state index is 13.7. The van der Waals surface area contributed by atoms with Gasteiger partial charge in [0.1, 0.15) is 54.5 Å². The van der Waals surface area contributed by atoms with Crippen molar-refractivity contribution in [2.24, 2.45) is 0 Å². The fourth-order valence-corrected chi connectivity index (χ4v) is 7.64. The molecule has 2 aliphatic heterocycles. The molecule has 0 amide bonds. The van der Waals surface area contributed by atoms with E-state index >= 15 is 0 Å². The molecule has 52 heavy (non-hydrogen) atoms. The Morgan fingerprint density at radius 2 is 1.77 bits per heavy atom. The molecule has 2 aliphatic rings. The van der Waals surface area contributed by atoms with Crippen molar-refractivity contribution in [1.29, 1.82) is 0 Å². The van der Waals surface area contributed by atoms with Crippen LogP contribution in [0.15, 0.2) is 44.5 Å². The van der Waals surface area contributed by atoms with E-state index in [1.165, 1.54) is 27.9 Å². The summed E-state index contributed by atoms with van der Waals surface area (Å²) in [5.74, 6) is -1.05. The Kier molecular flexibility index (Phi) is 10.3. The van der Waals surface area contributed by atoms with Crippen molar-refractivity contribution in [3.05, 3.63) is 51.3 Å². The number of aliphatic hydroxyl groups is 1. The predicted octanol–water partition coefficient (Wildman–Crippen LogP) is 3.77. The molecule has 6 rings (SSSR count). The Balaban J connectivity index is 1.20. The van der Waals surface area contributed by atoms with Crippen LogP contribution in [-0.4, -0.2) is 85.8 Å². The molecule has 2 fully saturated rings. The van der Waals surface area contributed by atoms with Crippen LogP contribution in [0.1, 0.15) is 53.3 Å². The number of anilines is 2. The SMILES string of the molecule is CC(C)(C)OC(=O)CN(CC(=O)OC(C)(C)C)c1ccc2c(COP3(=O)OC[C@H]4O[C@@H](n5c(Br)nc6c(N)ncnc65)[C@H](O)[C@@H]4O3)cc(=O)oc2c1. The lowest BCUT2D eigenvalue weighted by Crippen LogP contribution is -2.40. The van der Waals surface area contributed by atoms with Crippen LogP contribution in [0.2, 0.25) is 0 Å². The van der Waals surface area contributed by atoms with Crippen LogP contribution >= 0.6 is 23.8 Å². The summed E-state index contributed by atoms with van der Waals surface area (Å²) < 4.78 is 54.7. The zero-order valence-electron chi connectivity index (χ0n) is 29.1. The van der Waals surface area contributed by atoms with Gasteiger partial charge in [-0.2, -0.15) is 0 Å². The molecule has 4 aromatic rings. The monoisotopic (exact) mass is 808 g/mol. The summed E-state index contributed by atoms with van der Waals surface area (Å²) in [4.78, 5) is 52.2. The molecule has 18 nitrogen and oxygen atoms in total. The van der Waals surface area contributed by atoms with Gasteiger partial charge in [-0.3, -0.25) is 27.7 Å². The number of imidazole rings is 1. The Labute approximate surface area is 305 Å². The average Bonchev–Trinajstić information content (AvgIpc) is 3.52. The third-order valence-corrected chi connectivity index (χ3v) is 9.68. The van der Waals surface area contributed by atoms with Gasteiger partial charge in [-0.05, 0) is 75.2 Å². The van der Waals surface area contributed by atoms with E-state index in [2.05, 4.69) is 30.9 Å². The number of halogens is 1. The fraction of sp³-hybridized carbons (Fsp3) is 0.500. The first-order valence-electron chi connectivity index (χ1n) is 16.1. The summed E-state index contributed by atoms with van der Waals surface area (Å²) in [5.41, 5.74) is 4.96. The van der Waals surface area contributed by atoms with E-state index in [0.29, 0.717) is 11.1 Å². The number of nitrogen functional groups attached to an aromatic ring is 1. The molecule has 0 saturated carbocycles. The van der Waals surface area contributed by atoms with E-state index in [-0.39, 0.29) is 52.6 Å². The first-order valence-corrected chi connectivity index (χ1v) is 18.3. The number of carbonyl (C=O) groups excluding carboxylic acids is 2. The van der Waals surface area contributed by atoms with Gasteiger partial charge in [-0.1, -0.05) is 0 Å².